The Hall–Kier alpha value is -2.31. The number of benzene rings is 2. The van der Waals surface area contributed by atoms with Crippen LogP contribution in [0.5, 0.6) is 5.75 Å². The zero-order chi connectivity index (χ0) is 19.2. The quantitative estimate of drug-likeness (QED) is 0.371. The minimum Gasteiger partial charge on any atom is -0.484 e. The van der Waals surface area contributed by atoms with Crippen LogP contribution in [0, 0.1) is 12.7 Å². The molecule has 0 saturated heterocycles. The number of aryl methyl sites for hydroxylation is 1. The number of halogens is 2. The van der Waals surface area contributed by atoms with Gasteiger partial charge in [0.05, 0.1) is 5.02 Å². The van der Waals surface area contributed by atoms with E-state index in [9.17, 15) is 4.39 Å². The fourth-order valence-electron chi connectivity index (χ4n) is 2.44. The molecule has 27 heavy (non-hydrogen) atoms. The Bertz CT molecular complexity index is 927. The van der Waals surface area contributed by atoms with Crippen molar-refractivity contribution in [3.63, 3.8) is 0 Å². The second-order valence-electron chi connectivity index (χ2n) is 5.94. The Morgan fingerprint density at radius 1 is 1.22 bits per heavy atom. The van der Waals surface area contributed by atoms with Gasteiger partial charge in [0.15, 0.2) is 11.0 Å². The van der Waals surface area contributed by atoms with Crippen molar-refractivity contribution in [2.24, 2.45) is 0 Å². The van der Waals surface area contributed by atoms with Crippen LogP contribution in [0.1, 0.15) is 17.0 Å². The van der Waals surface area contributed by atoms with Gasteiger partial charge in [0, 0.05) is 12.3 Å². The van der Waals surface area contributed by atoms with Crippen molar-refractivity contribution in [3.8, 4) is 5.75 Å². The van der Waals surface area contributed by atoms with E-state index in [4.69, 9.17) is 16.3 Å². The number of aromatic nitrogens is 3. The third-order valence-corrected chi connectivity index (χ3v) is 5.18. The van der Waals surface area contributed by atoms with Crippen molar-refractivity contribution in [1.82, 2.24) is 14.8 Å². The number of allylic oxidation sites excluding steroid dienone is 1. The van der Waals surface area contributed by atoms with Gasteiger partial charge in [0.2, 0.25) is 0 Å². The van der Waals surface area contributed by atoms with E-state index in [0.29, 0.717) is 28.9 Å². The first-order valence-electron chi connectivity index (χ1n) is 8.36. The van der Waals surface area contributed by atoms with E-state index in [2.05, 4.69) is 16.8 Å². The molecular formula is C20H19ClFN3OS. The van der Waals surface area contributed by atoms with E-state index >= 15 is 0 Å². The van der Waals surface area contributed by atoms with Crippen LogP contribution in [-0.4, -0.2) is 14.8 Å². The van der Waals surface area contributed by atoms with Crippen molar-refractivity contribution in [2.45, 2.75) is 31.0 Å². The van der Waals surface area contributed by atoms with Crippen LogP contribution in [0.15, 0.2) is 60.3 Å². The lowest BCUT2D eigenvalue weighted by molar-refractivity contribution is 0.289. The van der Waals surface area contributed by atoms with E-state index in [-0.39, 0.29) is 12.4 Å². The van der Waals surface area contributed by atoms with Crippen molar-refractivity contribution in [2.75, 3.05) is 0 Å². The normalized spacial score (nSPS) is 10.8. The number of hydrogen-bond donors (Lipinski definition) is 0. The zero-order valence-corrected chi connectivity index (χ0v) is 16.4. The summed E-state index contributed by atoms with van der Waals surface area (Å²) in [5.74, 6) is 1.73. The highest BCUT2D eigenvalue weighted by Crippen LogP contribution is 2.27. The number of hydrogen-bond acceptors (Lipinski definition) is 4. The highest BCUT2D eigenvalue weighted by molar-refractivity contribution is 7.98. The maximum atomic E-state index is 13.0. The molecule has 0 fully saturated rings. The highest BCUT2D eigenvalue weighted by Gasteiger charge is 2.13. The lowest BCUT2D eigenvalue weighted by atomic mass is 10.2. The maximum Gasteiger partial charge on any atom is 0.191 e. The number of thioether (sulfide) groups is 1. The standard InChI is InChI=1S/C20H19ClFN3OS/c1-3-10-25-19(12-26-18-11-14(2)4-9-17(18)21)23-24-20(25)27-13-15-5-7-16(22)8-6-15/h3-9,11H,1,10,12-13H2,2H3. The van der Waals surface area contributed by atoms with E-state index in [1.807, 2.05) is 29.7 Å². The molecule has 4 nitrogen and oxygen atoms in total. The molecule has 0 atom stereocenters. The van der Waals surface area contributed by atoms with Gasteiger partial charge >= 0.3 is 0 Å². The molecule has 0 unspecified atom stereocenters. The average molecular weight is 404 g/mol. The van der Waals surface area contributed by atoms with Crippen LogP contribution in [0.2, 0.25) is 5.02 Å². The van der Waals surface area contributed by atoms with Gasteiger partial charge in [-0.1, -0.05) is 47.6 Å². The smallest absolute Gasteiger partial charge is 0.191 e. The molecule has 0 aliphatic heterocycles. The second-order valence-corrected chi connectivity index (χ2v) is 7.29. The molecule has 0 aliphatic carbocycles. The third-order valence-electron chi connectivity index (χ3n) is 3.83. The summed E-state index contributed by atoms with van der Waals surface area (Å²) in [6, 6.07) is 12.1. The maximum absolute atomic E-state index is 13.0. The summed E-state index contributed by atoms with van der Waals surface area (Å²) in [7, 11) is 0. The second kappa shape index (κ2) is 9.06. The van der Waals surface area contributed by atoms with Crippen LogP contribution in [0.4, 0.5) is 4.39 Å². The van der Waals surface area contributed by atoms with Gasteiger partial charge in [0.25, 0.3) is 0 Å². The molecule has 0 spiro atoms. The Balaban J connectivity index is 1.71. The molecule has 0 saturated carbocycles. The Morgan fingerprint density at radius 3 is 2.74 bits per heavy atom. The first-order valence-corrected chi connectivity index (χ1v) is 9.72. The predicted octanol–water partition coefficient (Wildman–Crippen LogP) is 5.44. The molecule has 1 heterocycles. The number of nitrogens with zero attached hydrogens (tertiary/aromatic N) is 3. The van der Waals surface area contributed by atoms with Crippen molar-refractivity contribution >= 4 is 23.4 Å². The molecule has 1 aromatic heterocycles. The largest absolute Gasteiger partial charge is 0.484 e. The van der Waals surface area contributed by atoms with Crippen LogP contribution >= 0.6 is 23.4 Å². The fourth-order valence-corrected chi connectivity index (χ4v) is 3.53. The van der Waals surface area contributed by atoms with Crippen molar-refractivity contribution in [1.29, 1.82) is 0 Å². The molecule has 0 radical (unpaired) electrons. The Labute approximate surface area is 167 Å². The minimum atomic E-state index is -0.243. The molecule has 3 aromatic rings. The fraction of sp³-hybridized carbons (Fsp3) is 0.200. The molecule has 0 aliphatic rings. The lowest BCUT2D eigenvalue weighted by Gasteiger charge is -2.10. The van der Waals surface area contributed by atoms with Gasteiger partial charge in [0.1, 0.15) is 18.2 Å². The first kappa shape index (κ1) is 19.5. The summed E-state index contributed by atoms with van der Waals surface area (Å²) in [5, 5.41) is 9.82. The van der Waals surface area contributed by atoms with Gasteiger partial charge in [-0.25, -0.2) is 4.39 Å². The molecule has 3 rings (SSSR count). The average Bonchev–Trinajstić information content (AvgIpc) is 3.04. The Morgan fingerprint density at radius 2 is 2.00 bits per heavy atom. The van der Waals surface area contributed by atoms with Gasteiger partial charge in [-0.15, -0.1) is 16.8 Å². The SMILES string of the molecule is C=CCn1c(COc2cc(C)ccc2Cl)nnc1SCc1ccc(F)cc1. The summed E-state index contributed by atoms with van der Waals surface area (Å²) in [5.41, 5.74) is 2.08. The molecule has 7 heteroatoms. The minimum absolute atomic E-state index is 0.243. The molecule has 0 N–H and O–H groups in total. The van der Waals surface area contributed by atoms with Gasteiger partial charge < -0.3 is 4.74 Å². The summed E-state index contributed by atoms with van der Waals surface area (Å²) < 4.78 is 20.8. The van der Waals surface area contributed by atoms with E-state index in [0.717, 1.165) is 16.3 Å². The molecule has 0 bridgehead atoms. The van der Waals surface area contributed by atoms with Gasteiger partial charge in [-0.05, 0) is 42.3 Å². The van der Waals surface area contributed by atoms with Gasteiger partial charge in [-0.2, -0.15) is 0 Å². The molecule has 0 amide bonds. The number of rotatable bonds is 8. The van der Waals surface area contributed by atoms with Crippen molar-refractivity contribution in [3.05, 3.63) is 82.9 Å². The van der Waals surface area contributed by atoms with Crippen LogP contribution in [0.25, 0.3) is 0 Å². The highest BCUT2D eigenvalue weighted by atomic mass is 35.5. The van der Waals surface area contributed by atoms with E-state index in [1.54, 1.807) is 18.2 Å². The van der Waals surface area contributed by atoms with E-state index < -0.39 is 0 Å². The van der Waals surface area contributed by atoms with Gasteiger partial charge in [-0.3, -0.25) is 4.57 Å². The summed E-state index contributed by atoms with van der Waals surface area (Å²) in [6.07, 6.45) is 1.79. The summed E-state index contributed by atoms with van der Waals surface area (Å²) in [4.78, 5) is 0. The first-order chi connectivity index (χ1) is 13.1. The third kappa shape index (κ3) is 5.11. The topological polar surface area (TPSA) is 39.9 Å². The monoisotopic (exact) mass is 403 g/mol. The molecule has 2 aromatic carbocycles. The van der Waals surface area contributed by atoms with E-state index in [1.165, 1.54) is 23.9 Å². The predicted molar refractivity (Wildman–Crippen MR) is 107 cm³/mol. The summed E-state index contributed by atoms with van der Waals surface area (Å²) >= 11 is 7.71. The Kier molecular flexibility index (Phi) is 6.53. The van der Waals surface area contributed by atoms with Crippen LogP contribution in [0.3, 0.4) is 0 Å². The lowest BCUT2D eigenvalue weighted by Crippen LogP contribution is -2.07. The molecule has 140 valence electrons. The van der Waals surface area contributed by atoms with Crippen LogP contribution < -0.4 is 4.74 Å². The zero-order valence-electron chi connectivity index (χ0n) is 14.9. The van der Waals surface area contributed by atoms with Crippen LogP contribution in [-0.2, 0) is 18.9 Å². The van der Waals surface area contributed by atoms with Crippen molar-refractivity contribution < 1.29 is 9.13 Å². The summed E-state index contributed by atoms with van der Waals surface area (Å²) in [6.45, 7) is 6.60. The molecular weight excluding hydrogens is 385 g/mol. The number of ether oxygens (including phenoxy) is 1.